The Morgan fingerprint density at radius 2 is 1.94 bits per heavy atom. The molecule has 2 aromatic rings. The van der Waals surface area contributed by atoms with E-state index in [0.29, 0.717) is 5.02 Å². The normalized spacial score (nSPS) is 12.8. The van der Waals surface area contributed by atoms with E-state index in [2.05, 4.69) is 31.9 Å². The highest BCUT2D eigenvalue weighted by Crippen LogP contribution is 2.38. The summed E-state index contributed by atoms with van der Waals surface area (Å²) in [5.74, 6) is 0. The predicted molar refractivity (Wildman–Crippen MR) is 80.0 cm³/mol. The van der Waals surface area contributed by atoms with Crippen LogP contribution in [0.1, 0.15) is 21.4 Å². The van der Waals surface area contributed by atoms with Gasteiger partial charge >= 0.3 is 0 Å². The molecule has 1 N–H and O–H groups in total. The standard InChI is InChI=1S/C12H9Br2ClOS/c1-6-4-10(14)12(17-6)11(16)8-3-2-7(15)5-9(8)13/h2-5,11,16H,1H3. The molecule has 1 aromatic heterocycles. The predicted octanol–water partition coefficient (Wildman–Crippen LogP) is 5.32. The highest BCUT2D eigenvalue weighted by atomic mass is 79.9. The molecule has 0 saturated heterocycles. The number of thiophene rings is 1. The Morgan fingerprint density at radius 1 is 1.24 bits per heavy atom. The molecule has 1 nitrogen and oxygen atoms in total. The smallest absolute Gasteiger partial charge is 0.115 e. The van der Waals surface area contributed by atoms with Crippen molar-refractivity contribution >= 4 is 54.8 Å². The number of rotatable bonds is 2. The van der Waals surface area contributed by atoms with Crippen LogP contribution in [0.3, 0.4) is 0 Å². The average Bonchev–Trinajstić information content (AvgIpc) is 2.57. The number of aryl methyl sites for hydroxylation is 1. The molecule has 17 heavy (non-hydrogen) atoms. The molecule has 0 fully saturated rings. The third kappa shape index (κ3) is 2.93. The van der Waals surface area contributed by atoms with Crippen LogP contribution in [0, 0.1) is 6.92 Å². The molecule has 0 spiro atoms. The van der Waals surface area contributed by atoms with Gasteiger partial charge in [-0.25, -0.2) is 0 Å². The minimum Gasteiger partial charge on any atom is -0.383 e. The Balaban J connectivity index is 2.43. The Labute approximate surface area is 126 Å². The van der Waals surface area contributed by atoms with Crippen molar-refractivity contribution in [3.8, 4) is 0 Å². The molecule has 0 saturated carbocycles. The van der Waals surface area contributed by atoms with Gasteiger partial charge in [0.05, 0.1) is 4.88 Å². The molecular weight excluding hydrogens is 387 g/mol. The van der Waals surface area contributed by atoms with Gasteiger partial charge < -0.3 is 5.11 Å². The summed E-state index contributed by atoms with van der Waals surface area (Å²) >= 11 is 14.3. The Hall–Kier alpha value is 0.130. The van der Waals surface area contributed by atoms with Gasteiger partial charge in [0.2, 0.25) is 0 Å². The maximum Gasteiger partial charge on any atom is 0.115 e. The first-order valence-electron chi connectivity index (χ1n) is 4.88. The van der Waals surface area contributed by atoms with Crippen LogP contribution in [0.5, 0.6) is 0 Å². The molecule has 5 heteroatoms. The van der Waals surface area contributed by atoms with Crippen LogP contribution < -0.4 is 0 Å². The molecule has 1 heterocycles. The maximum atomic E-state index is 10.4. The van der Waals surface area contributed by atoms with Crippen LogP contribution >= 0.6 is 54.8 Å². The monoisotopic (exact) mass is 394 g/mol. The van der Waals surface area contributed by atoms with Crippen molar-refractivity contribution in [3.05, 3.63) is 53.6 Å². The fourth-order valence-corrected chi connectivity index (χ4v) is 4.32. The summed E-state index contributed by atoms with van der Waals surface area (Å²) < 4.78 is 1.75. The molecule has 1 atom stereocenters. The van der Waals surface area contributed by atoms with Crippen molar-refractivity contribution in [1.82, 2.24) is 0 Å². The molecule has 1 unspecified atom stereocenters. The first-order valence-corrected chi connectivity index (χ1v) is 7.66. The van der Waals surface area contributed by atoms with Gasteiger partial charge in [0, 0.05) is 24.4 Å². The van der Waals surface area contributed by atoms with E-state index in [-0.39, 0.29) is 0 Å². The quantitative estimate of drug-likeness (QED) is 0.729. The van der Waals surface area contributed by atoms with Crippen molar-refractivity contribution < 1.29 is 5.11 Å². The number of benzene rings is 1. The summed E-state index contributed by atoms with van der Waals surface area (Å²) in [5, 5.41) is 11.0. The SMILES string of the molecule is Cc1cc(Br)c(C(O)c2ccc(Cl)cc2Br)s1. The highest BCUT2D eigenvalue weighted by molar-refractivity contribution is 9.10. The van der Waals surface area contributed by atoms with Gasteiger partial charge in [0.15, 0.2) is 0 Å². The van der Waals surface area contributed by atoms with Gasteiger partial charge in [-0.2, -0.15) is 0 Å². The van der Waals surface area contributed by atoms with E-state index in [9.17, 15) is 5.11 Å². The lowest BCUT2D eigenvalue weighted by Gasteiger charge is -2.12. The van der Waals surface area contributed by atoms with Crippen molar-refractivity contribution in [3.63, 3.8) is 0 Å². The van der Waals surface area contributed by atoms with Gasteiger partial charge in [-0.1, -0.05) is 33.6 Å². The summed E-state index contributed by atoms with van der Waals surface area (Å²) in [6.45, 7) is 2.02. The van der Waals surface area contributed by atoms with Gasteiger partial charge in [0.25, 0.3) is 0 Å². The fraction of sp³-hybridized carbons (Fsp3) is 0.167. The largest absolute Gasteiger partial charge is 0.383 e. The number of hydrogen-bond donors (Lipinski definition) is 1. The lowest BCUT2D eigenvalue weighted by atomic mass is 10.1. The van der Waals surface area contributed by atoms with E-state index in [1.165, 1.54) is 0 Å². The van der Waals surface area contributed by atoms with Gasteiger partial charge in [-0.15, -0.1) is 11.3 Å². The van der Waals surface area contributed by atoms with Gasteiger partial charge in [-0.3, -0.25) is 0 Å². The van der Waals surface area contributed by atoms with E-state index in [1.807, 2.05) is 19.1 Å². The zero-order chi connectivity index (χ0) is 12.6. The van der Waals surface area contributed by atoms with Gasteiger partial charge in [-0.05, 0) is 41.1 Å². The van der Waals surface area contributed by atoms with E-state index < -0.39 is 6.10 Å². The average molecular weight is 397 g/mol. The topological polar surface area (TPSA) is 20.2 Å². The molecule has 90 valence electrons. The van der Waals surface area contributed by atoms with Crippen LogP contribution in [0.25, 0.3) is 0 Å². The summed E-state index contributed by atoms with van der Waals surface area (Å²) in [6, 6.07) is 7.40. The van der Waals surface area contributed by atoms with E-state index in [4.69, 9.17) is 11.6 Å². The number of aliphatic hydroxyl groups is 1. The second-order valence-corrected chi connectivity index (χ2v) is 7.07. The zero-order valence-electron chi connectivity index (χ0n) is 8.88. The highest BCUT2D eigenvalue weighted by Gasteiger charge is 2.18. The first-order chi connectivity index (χ1) is 7.99. The Bertz CT molecular complexity index is 553. The maximum absolute atomic E-state index is 10.4. The van der Waals surface area contributed by atoms with E-state index >= 15 is 0 Å². The van der Waals surface area contributed by atoms with Gasteiger partial charge in [0.1, 0.15) is 6.10 Å². The first kappa shape index (κ1) is 13.6. The summed E-state index contributed by atoms with van der Waals surface area (Å²) in [7, 11) is 0. The number of halogens is 3. The van der Waals surface area contributed by atoms with Crippen LogP contribution in [0.15, 0.2) is 33.2 Å². The lowest BCUT2D eigenvalue weighted by molar-refractivity contribution is 0.222. The Kier molecular flexibility index (Phi) is 4.31. The third-order valence-corrected chi connectivity index (χ3v) is 5.29. The fourth-order valence-electron chi connectivity index (χ4n) is 1.55. The van der Waals surface area contributed by atoms with E-state index in [0.717, 1.165) is 24.3 Å². The molecule has 0 radical (unpaired) electrons. The number of aliphatic hydroxyl groups excluding tert-OH is 1. The molecular formula is C12H9Br2ClOS. The number of hydrogen-bond acceptors (Lipinski definition) is 2. The lowest BCUT2D eigenvalue weighted by Crippen LogP contribution is -1.98. The van der Waals surface area contributed by atoms with Crippen LogP contribution in [0.2, 0.25) is 5.02 Å². The molecule has 0 aliphatic carbocycles. The molecule has 0 aliphatic rings. The van der Waals surface area contributed by atoms with Crippen LogP contribution in [0.4, 0.5) is 0 Å². The molecule has 0 aliphatic heterocycles. The summed E-state index contributed by atoms with van der Waals surface area (Å²) in [5.41, 5.74) is 0.817. The zero-order valence-corrected chi connectivity index (χ0v) is 13.6. The van der Waals surface area contributed by atoms with Crippen molar-refractivity contribution in [2.45, 2.75) is 13.0 Å². The Morgan fingerprint density at radius 3 is 2.47 bits per heavy atom. The second-order valence-electron chi connectivity index (χ2n) is 3.64. The summed E-state index contributed by atoms with van der Waals surface area (Å²) in [4.78, 5) is 2.07. The minimum absolute atomic E-state index is 0.644. The van der Waals surface area contributed by atoms with Crippen molar-refractivity contribution in [2.75, 3.05) is 0 Å². The molecule has 0 bridgehead atoms. The molecule has 2 rings (SSSR count). The minimum atomic E-state index is -0.644. The van der Waals surface area contributed by atoms with E-state index in [1.54, 1.807) is 23.5 Å². The van der Waals surface area contributed by atoms with Crippen LogP contribution in [-0.4, -0.2) is 5.11 Å². The third-order valence-electron chi connectivity index (χ3n) is 2.34. The van der Waals surface area contributed by atoms with Crippen molar-refractivity contribution in [2.24, 2.45) is 0 Å². The van der Waals surface area contributed by atoms with Crippen LogP contribution in [-0.2, 0) is 0 Å². The summed E-state index contributed by atoms with van der Waals surface area (Å²) in [6.07, 6.45) is -0.644. The second kappa shape index (κ2) is 5.41. The molecule has 0 amide bonds. The molecule has 1 aromatic carbocycles. The van der Waals surface area contributed by atoms with Crippen molar-refractivity contribution in [1.29, 1.82) is 0 Å².